The minimum atomic E-state index is -1.25. The van der Waals surface area contributed by atoms with E-state index in [0.717, 1.165) is 12.1 Å². The molecule has 14 heteroatoms. The molecule has 63 heavy (non-hydrogen) atoms. The zero-order chi connectivity index (χ0) is 46.2. The number of aliphatic hydroxyl groups is 2. The van der Waals surface area contributed by atoms with Gasteiger partial charge in [0.1, 0.15) is 11.8 Å². The van der Waals surface area contributed by atoms with Crippen molar-refractivity contribution in [2.75, 3.05) is 5.32 Å². The van der Waals surface area contributed by atoms with Crippen LogP contribution in [-0.4, -0.2) is 97.6 Å². The smallest absolute Gasteiger partial charge is 0.309 e. The summed E-state index contributed by atoms with van der Waals surface area (Å²) in [5.41, 5.74) is -0.894. The van der Waals surface area contributed by atoms with Gasteiger partial charge in [0.25, 0.3) is 0 Å². The molecule has 12 nitrogen and oxygen atoms in total. The molecule has 0 aromatic heterocycles. The van der Waals surface area contributed by atoms with Gasteiger partial charge in [-0.2, -0.15) is 0 Å². The summed E-state index contributed by atoms with van der Waals surface area (Å²) in [5, 5.41) is 40.8. The van der Waals surface area contributed by atoms with Crippen molar-refractivity contribution in [3.8, 4) is 0 Å². The van der Waals surface area contributed by atoms with Gasteiger partial charge in [-0.25, -0.2) is 0 Å². The Hall–Kier alpha value is -2.20. The second-order valence-electron chi connectivity index (χ2n) is 20.1. The number of anilines is 1. The summed E-state index contributed by atoms with van der Waals surface area (Å²) in [5.74, 6) is -5.78. The summed E-state index contributed by atoms with van der Waals surface area (Å²) >= 11 is 12.0. The third kappa shape index (κ3) is 10.2. The molecule has 2 spiro atoms. The number of carbonyl (C=O) groups is 2. The van der Waals surface area contributed by atoms with Crippen LogP contribution in [0.25, 0.3) is 0 Å². The lowest BCUT2D eigenvalue weighted by atomic mass is 9.72. The SMILES string of the molecule is CCC(C(=O)[C@@H](C)[C@@H](O)[C@H](C)[C@@H]1O[C@@H]([C@@H](CC)C(=O)O)CC[C@@H]1C)[C@H]1O[C@]2(C=C[C@@H](NC(=S)Nc3ccc(Cl)cc3)[C@]3(CC[C@@](C)([C@H]4CC[C@](O)(CC)[C@H](C)O4)O3)O2)[C@H](C)C[C@@H]1C. The van der Waals surface area contributed by atoms with Crippen molar-refractivity contribution >= 4 is 46.4 Å². The molecular weight excluding hydrogens is 844 g/mol. The van der Waals surface area contributed by atoms with Crippen LogP contribution in [0.1, 0.15) is 133 Å². The number of Topliss-reactive ketones (excluding diaryl/α,β-unsaturated/α-hetero) is 1. The van der Waals surface area contributed by atoms with E-state index in [-0.39, 0.29) is 41.8 Å². The van der Waals surface area contributed by atoms with Gasteiger partial charge >= 0.3 is 5.97 Å². The molecule has 4 saturated heterocycles. The van der Waals surface area contributed by atoms with Crippen LogP contribution >= 0.6 is 23.8 Å². The highest BCUT2D eigenvalue weighted by molar-refractivity contribution is 7.80. The lowest BCUT2D eigenvalue weighted by molar-refractivity contribution is -0.397. The molecule has 0 amide bonds. The highest BCUT2D eigenvalue weighted by atomic mass is 35.5. The van der Waals surface area contributed by atoms with E-state index in [2.05, 4.69) is 38.3 Å². The molecule has 5 heterocycles. The molecule has 1 aromatic rings. The lowest BCUT2D eigenvalue weighted by Crippen LogP contribution is -2.66. The lowest BCUT2D eigenvalue weighted by Gasteiger charge is -2.55. The normalized spacial score (nSPS) is 40.5. The highest BCUT2D eigenvalue weighted by Crippen LogP contribution is 2.54. The maximum atomic E-state index is 14.7. The van der Waals surface area contributed by atoms with Crippen LogP contribution in [0.15, 0.2) is 36.4 Å². The number of nitrogens with one attached hydrogen (secondary N) is 2. The molecule has 5 aliphatic rings. The highest BCUT2D eigenvalue weighted by Gasteiger charge is 2.63. The third-order valence-electron chi connectivity index (χ3n) is 15.9. The molecule has 354 valence electrons. The van der Waals surface area contributed by atoms with Crippen molar-refractivity contribution in [1.29, 1.82) is 0 Å². The molecule has 4 fully saturated rings. The number of halogens is 1. The predicted molar refractivity (Wildman–Crippen MR) is 247 cm³/mol. The minimum absolute atomic E-state index is 0.00472. The fourth-order valence-corrected chi connectivity index (χ4v) is 11.9. The molecule has 1 aromatic carbocycles. The van der Waals surface area contributed by atoms with Crippen LogP contribution < -0.4 is 10.6 Å². The van der Waals surface area contributed by atoms with Gasteiger partial charge < -0.3 is 49.6 Å². The van der Waals surface area contributed by atoms with Gasteiger partial charge in [0, 0.05) is 40.8 Å². The van der Waals surface area contributed by atoms with Crippen molar-refractivity contribution in [2.24, 2.45) is 41.4 Å². The number of benzene rings is 1. The first-order valence-electron chi connectivity index (χ1n) is 23.7. The van der Waals surface area contributed by atoms with Crippen molar-refractivity contribution < 1.29 is 48.6 Å². The predicted octanol–water partition coefficient (Wildman–Crippen LogP) is 8.84. The van der Waals surface area contributed by atoms with Gasteiger partial charge in [-0.15, -0.1) is 0 Å². The summed E-state index contributed by atoms with van der Waals surface area (Å²) in [6, 6.07) is 6.75. The van der Waals surface area contributed by atoms with Gasteiger partial charge in [-0.1, -0.05) is 73.1 Å². The number of carboxylic acids is 1. The van der Waals surface area contributed by atoms with Gasteiger partial charge in [0.05, 0.1) is 53.7 Å². The average molecular weight is 920 g/mol. The van der Waals surface area contributed by atoms with E-state index in [9.17, 15) is 24.9 Å². The topological polar surface area (TPSA) is 165 Å². The van der Waals surface area contributed by atoms with Crippen LogP contribution in [0, 0.1) is 41.4 Å². The van der Waals surface area contributed by atoms with Crippen molar-refractivity contribution in [1.82, 2.24) is 5.32 Å². The van der Waals surface area contributed by atoms with E-state index in [1.54, 1.807) is 19.1 Å². The van der Waals surface area contributed by atoms with E-state index in [1.165, 1.54) is 0 Å². The number of carboxylic acid groups (broad SMARTS) is 1. The second kappa shape index (κ2) is 20.0. The fourth-order valence-electron chi connectivity index (χ4n) is 11.5. The van der Waals surface area contributed by atoms with Crippen LogP contribution in [0.4, 0.5) is 5.69 Å². The number of aliphatic hydroxyl groups excluding tert-OH is 1. The molecule has 1 unspecified atom stereocenters. The zero-order valence-electron chi connectivity index (χ0n) is 39.1. The number of ketones is 1. The third-order valence-corrected chi connectivity index (χ3v) is 16.3. The number of ether oxygens (including phenoxy) is 5. The molecule has 0 saturated carbocycles. The van der Waals surface area contributed by atoms with E-state index < -0.39 is 76.8 Å². The molecular formula is C49H75ClN2O10S. The largest absolute Gasteiger partial charge is 0.481 e. The fraction of sp³-hybridized carbons (Fsp3) is 0.776. The Bertz CT molecular complexity index is 1800. The number of hydrogen-bond acceptors (Lipinski definition) is 10. The van der Waals surface area contributed by atoms with Crippen molar-refractivity contribution in [3.05, 3.63) is 41.4 Å². The Morgan fingerprint density at radius 1 is 0.921 bits per heavy atom. The first kappa shape index (κ1) is 50.2. The van der Waals surface area contributed by atoms with Crippen LogP contribution in [-0.2, 0) is 33.3 Å². The number of aliphatic carboxylic acids is 1. The number of thiocarbonyl (C=S) groups is 1. The zero-order valence-corrected chi connectivity index (χ0v) is 40.7. The van der Waals surface area contributed by atoms with Crippen LogP contribution in [0.5, 0.6) is 0 Å². The minimum Gasteiger partial charge on any atom is -0.481 e. The maximum Gasteiger partial charge on any atom is 0.309 e. The summed E-state index contributed by atoms with van der Waals surface area (Å²) in [4.78, 5) is 26.8. The first-order chi connectivity index (χ1) is 29.6. The molecule has 5 N–H and O–H groups in total. The average Bonchev–Trinajstić information content (AvgIpc) is 3.59. The molecule has 0 radical (unpaired) electrons. The van der Waals surface area contributed by atoms with Crippen LogP contribution in [0.2, 0.25) is 5.02 Å². The number of hydrogen-bond donors (Lipinski definition) is 5. The summed E-state index contributed by atoms with van der Waals surface area (Å²) < 4.78 is 34.9. The monoisotopic (exact) mass is 918 g/mol. The second-order valence-corrected chi connectivity index (χ2v) is 20.9. The Morgan fingerprint density at radius 2 is 1.60 bits per heavy atom. The number of carbonyl (C=O) groups excluding carboxylic acids is 1. The van der Waals surface area contributed by atoms with Gasteiger partial charge in [-0.05, 0) is 126 Å². The molecule has 5 aliphatic heterocycles. The standard InChI is InChI=1S/C49H75ClN2O10S/c1-11-35(44(55)56)37-19-14-27(4)42(59-37)31(8)40(53)30(7)41(54)36(12-2)43-28(5)26-29(6)48(60-43)23-20-38(52-45(63)51-34-17-15-33(50)16-18-34)49(62-48)25-24-46(10,61-49)39-21-22-47(57,13-3)32(9)58-39/h15-18,20,23,27-32,35-40,42-43,53,57H,11-14,19,21-22,24-26H2,1-10H3,(H,55,56)(H2,51,52,63)/t27-,28-,29+,30-,31-,32-,35+,36?,37+,38+,39+,40+,42+,43-,46-,47+,48-,49-/m0/s1. The van der Waals surface area contributed by atoms with E-state index in [1.807, 2.05) is 58.9 Å². The Morgan fingerprint density at radius 3 is 2.22 bits per heavy atom. The molecule has 0 aliphatic carbocycles. The summed E-state index contributed by atoms with van der Waals surface area (Å²) in [6.07, 6.45) is 6.98. The molecule has 0 bridgehead atoms. The quantitative estimate of drug-likeness (QED) is 0.0889. The maximum absolute atomic E-state index is 14.7. The Kier molecular flexibility index (Phi) is 15.9. The molecule has 18 atom stereocenters. The first-order valence-corrected chi connectivity index (χ1v) is 24.5. The van der Waals surface area contributed by atoms with Gasteiger partial charge in [0.2, 0.25) is 0 Å². The van der Waals surface area contributed by atoms with Crippen LogP contribution in [0.3, 0.4) is 0 Å². The van der Waals surface area contributed by atoms with Crippen molar-refractivity contribution in [2.45, 2.75) is 199 Å². The van der Waals surface area contributed by atoms with Gasteiger partial charge in [-0.3, -0.25) is 9.59 Å². The number of rotatable bonds is 14. The Labute approximate surface area is 385 Å². The molecule has 6 rings (SSSR count). The van der Waals surface area contributed by atoms with Crippen molar-refractivity contribution in [3.63, 3.8) is 0 Å². The van der Waals surface area contributed by atoms with E-state index >= 15 is 0 Å². The van der Waals surface area contributed by atoms with E-state index in [0.29, 0.717) is 67.9 Å². The Balaban J connectivity index is 1.25. The summed E-state index contributed by atoms with van der Waals surface area (Å²) in [7, 11) is 0. The summed E-state index contributed by atoms with van der Waals surface area (Å²) in [6.45, 7) is 19.8. The van der Waals surface area contributed by atoms with E-state index in [4.69, 9.17) is 47.5 Å². The van der Waals surface area contributed by atoms with Gasteiger partial charge in [0.15, 0.2) is 16.7 Å².